The first kappa shape index (κ1) is 17.5. The summed E-state index contributed by atoms with van der Waals surface area (Å²) < 4.78 is 6.58. The Morgan fingerprint density at radius 3 is 2.75 bits per heavy atom. The van der Waals surface area contributed by atoms with Crippen molar-refractivity contribution >= 4 is 10.9 Å². The molecule has 2 unspecified atom stereocenters. The number of ether oxygens (including phenoxy) is 1. The number of aliphatic hydroxyl groups is 1. The Morgan fingerprint density at radius 1 is 1.29 bits per heavy atom. The topological polar surface area (TPSA) is 48.5 Å². The van der Waals surface area contributed by atoms with Crippen LogP contribution in [-0.4, -0.2) is 47.3 Å². The molecule has 0 saturated carbocycles. The highest BCUT2D eigenvalue weighted by Gasteiger charge is 2.39. The molecule has 4 nitrogen and oxygen atoms in total. The van der Waals surface area contributed by atoms with E-state index in [2.05, 4.69) is 54.9 Å². The highest BCUT2D eigenvalue weighted by molar-refractivity contribution is 5.85. The largest absolute Gasteiger partial charge is 0.396 e. The number of nitrogens with zero attached hydrogens (tertiary/aromatic N) is 1. The van der Waals surface area contributed by atoms with Crippen LogP contribution in [0.5, 0.6) is 0 Å². The highest BCUT2D eigenvalue weighted by Crippen LogP contribution is 2.41. The summed E-state index contributed by atoms with van der Waals surface area (Å²) in [6, 6.07) is 8.52. The number of H-pyrrole nitrogens is 1. The summed E-state index contributed by atoms with van der Waals surface area (Å²) in [5, 5.41) is 10.6. The normalized spacial score (nSPS) is 23.8. The number of rotatable bonds is 7. The third-order valence-corrected chi connectivity index (χ3v) is 5.37. The number of aromatic nitrogens is 1. The van der Waals surface area contributed by atoms with Crippen molar-refractivity contribution in [2.45, 2.75) is 51.7 Å². The second-order valence-corrected chi connectivity index (χ2v) is 7.01. The van der Waals surface area contributed by atoms with Crippen molar-refractivity contribution in [2.75, 3.05) is 26.2 Å². The fraction of sp³-hybridized carbons (Fsp3) is 0.600. The smallest absolute Gasteiger partial charge is 0.106 e. The van der Waals surface area contributed by atoms with E-state index < -0.39 is 0 Å². The van der Waals surface area contributed by atoms with E-state index >= 15 is 0 Å². The maximum atomic E-state index is 9.31. The van der Waals surface area contributed by atoms with Gasteiger partial charge in [-0.25, -0.2) is 0 Å². The summed E-state index contributed by atoms with van der Waals surface area (Å²) in [6.45, 7) is 9.83. The van der Waals surface area contributed by atoms with Crippen molar-refractivity contribution in [1.29, 1.82) is 0 Å². The molecule has 1 aliphatic rings. The minimum absolute atomic E-state index is 0.195. The molecule has 0 saturated heterocycles. The Bertz CT molecular complexity index is 677. The number of benzene rings is 1. The molecule has 1 aromatic heterocycles. The Balaban J connectivity index is 1.98. The van der Waals surface area contributed by atoms with Crippen LogP contribution in [0.3, 0.4) is 0 Å². The van der Waals surface area contributed by atoms with Crippen LogP contribution in [0.15, 0.2) is 24.3 Å². The molecule has 1 aromatic carbocycles. The monoisotopic (exact) mass is 330 g/mol. The van der Waals surface area contributed by atoms with Gasteiger partial charge in [0.2, 0.25) is 0 Å². The summed E-state index contributed by atoms with van der Waals surface area (Å²) >= 11 is 0. The molecule has 4 heteroatoms. The third-order valence-electron chi connectivity index (χ3n) is 5.37. The highest BCUT2D eigenvalue weighted by atomic mass is 16.5. The van der Waals surface area contributed by atoms with Crippen molar-refractivity contribution in [3.05, 3.63) is 35.5 Å². The zero-order chi connectivity index (χ0) is 17.2. The number of para-hydroxylation sites is 1. The second kappa shape index (κ2) is 7.26. The lowest BCUT2D eigenvalue weighted by Gasteiger charge is -2.40. The Labute approximate surface area is 144 Å². The van der Waals surface area contributed by atoms with Crippen LogP contribution in [0.4, 0.5) is 0 Å². The zero-order valence-electron chi connectivity index (χ0n) is 15.1. The number of fused-ring (bicyclic) bond motifs is 3. The van der Waals surface area contributed by atoms with E-state index in [0.717, 1.165) is 38.9 Å². The van der Waals surface area contributed by atoms with Crippen LogP contribution in [-0.2, 0) is 16.8 Å². The molecule has 0 bridgehead atoms. The number of aromatic amines is 1. The first-order valence-corrected chi connectivity index (χ1v) is 9.22. The number of likely N-dealkylation sites (N-methyl/N-ethyl adjacent to an activating group) is 1. The minimum atomic E-state index is -0.354. The molecule has 2 heterocycles. The standard InChI is InChI=1S/C20H30N2O2/c1-4-22(5-2)14-15-13-17-16-9-6-7-10-18(16)21-19(17)20(3,24-15)11-8-12-23/h6-7,9-10,15,21,23H,4-5,8,11-14H2,1-3H3. The van der Waals surface area contributed by atoms with Crippen LogP contribution in [0, 0.1) is 0 Å². The Morgan fingerprint density at radius 2 is 2.04 bits per heavy atom. The minimum Gasteiger partial charge on any atom is -0.396 e. The van der Waals surface area contributed by atoms with E-state index in [1.165, 1.54) is 22.2 Å². The van der Waals surface area contributed by atoms with E-state index in [9.17, 15) is 5.11 Å². The molecule has 1 aliphatic heterocycles. The number of hydrogen-bond acceptors (Lipinski definition) is 3. The summed E-state index contributed by atoms with van der Waals surface area (Å²) in [5.74, 6) is 0. The fourth-order valence-corrected chi connectivity index (χ4v) is 4.03. The van der Waals surface area contributed by atoms with Gasteiger partial charge in [0, 0.05) is 30.5 Å². The van der Waals surface area contributed by atoms with Crippen molar-refractivity contribution in [3.8, 4) is 0 Å². The van der Waals surface area contributed by atoms with Gasteiger partial charge in [0.15, 0.2) is 0 Å². The first-order chi connectivity index (χ1) is 11.6. The SMILES string of the molecule is CCN(CC)CC1Cc2c([nH]c3ccccc23)C(C)(CCCO)O1. The lowest BCUT2D eigenvalue weighted by molar-refractivity contribution is -0.116. The molecular formula is C20H30N2O2. The maximum Gasteiger partial charge on any atom is 0.106 e. The lowest BCUT2D eigenvalue weighted by Crippen LogP contribution is -2.44. The molecule has 2 N–H and O–H groups in total. The maximum absolute atomic E-state index is 9.31. The van der Waals surface area contributed by atoms with Crippen molar-refractivity contribution in [3.63, 3.8) is 0 Å². The summed E-state index contributed by atoms with van der Waals surface area (Å²) in [4.78, 5) is 6.02. The van der Waals surface area contributed by atoms with Gasteiger partial charge in [-0.1, -0.05) is 32.0 Å². The second-order valence-electron chi connectivity index (χ2n) is 7.01. The molecule has 0 aliphatic carbocycles. The average molecular weight is 330 g/mol. The molecule has 3 rings (SSSR count). The van der Waals surface area contributed by atoms with Crippen LogP contribution in [0.25, 0.3) is 10.9 Å². The van der Waals surface area contributed by atoms with Gasteiger partial charge in [0.25, 0.3) is 0 Å². The van der Waals surface area contributed by atoms with Gasteiger partial charge in [0.1, 0.15) is 5.60 Å². The van der Waals surface area contributed by atoms with Crippen LogP contribution in [0.1, 0.15) is 44.9 Å². The van der Waals surface area contributed by atoms with Crippen LogP contribution in [0.2, 0.25) is 0 Å². The molecule has 2 atom stereocenters. The van der Waals surface area contributed by atoms with Gasteiger partial charge in [-0.3, -0.25) is 0 Å². The molecule has 2 aromatic rings. The summed E-state index contributed by atoms with van der Waals surface area (Å²) in [5.41, 5.74) is 3.43. The van der Waals surface area contributed by atoms with Gasteiger partial charge in [-0.05, 0) is 44.5 Å². The number of aliphatic hydroxyl groups excluding tert-OH is 1. The predicted octanol–water partition coefficient (Wildman–Crippen LogP) is 3.44. The van der Waals surface area contributed by atoms with Gasteiger partial charge in [-0.2, -0.15) is 0 Å². The van der Waals surface area contributed by atoms with E-state index in [0.29, 0.717) is 0 Å². The van der Waals surface area contributed by atoms with Crippen molar-refractivity contribution < 1.29 is 9.84 Å². The third kappa shape index (κ3) is 3.23. The Hall–Kier alpha value is -1.36. The molecule has 0 spiro atoms. The van der Waals surface area contributed by atoms with E-state index in [-0.39, 0.29) is 18.3 Å². The van der Waals surface area contributed by atoms with Crippen LogP contribution < -0.4 is 0 Å². The summed E-state index contributed by atoms with van der Waals surface area (Å²) in [6.07, 6.45) is 2.73. The van der Waals surface area contributed by atoms with E-state index in [1.807, 2.05) is 0 Å². The molecule has 24 heavy (non-hydrogen) atoms. The number of nitrogens with one attached hydrogen (secondary N) is 1. The van der Waals surface area contributed by atoms with Gasteiger partial charge < -0.3 is 19.7 Å². The fourth-order valence-electron chi connectivity index (χ4n) is 4.03. The molecule has 0 fully saturated rings. The van der Waals surface area contributed by atoms with Crippen LogP contribution >= 0.6 is 0 Å². The lowest BCUT2D eigenvalue weighted by atomic mass is 9.86. The predicted molar refractivity (Wildman–Crippen MR) is 98.3 cm³/mol. The molecule has 0 radical (unpaired) electrons. The van der Waals surface area contributed by atoms with Gasteiger partial charge in [0.05, 0.1) is 11.8 Å². The van der Waals surface area contributed by atoms with Crippen molar-refractivity contribution in [1.82, 2.24) is 9.88 Å². The quantitative estimate of drug-likeness (QED) is 0.817. The average Bonchev–Trinajstić information content (AvgIpc) is 2.98. The molecular weight excluding hydrogens is 300 g/mol. The van der Waals surface area contributed by atoms with E-state index in [4.69, 9.17) is 4.74 Å². The first-order valence-electron chi connectivity index (χ1n) is 9.22. The Kier molecular flexibility index (Phi) is 5.28. The van der Waals surface area contributed by atoms with Gasteiger partial charge >= 0.3 is 0 Å². The zero-order valence-corrected chi connectivity index (χ0v) is 15.1. The number of hydrogen-bond donors (Lipinski definition) is 2. The van der Waals surface area contributed by atoms with E-state index in [1.54, 1.807) is 0 Å². The summed E-state index contributed by atoms with van der Waals surface area (Å²) in [7, 11) is 0. The van der Waals surface area contributed by atoms with Gasteiger partial charge in [-0.15, -0.1) is 0 Å². The van der Waals surface area contributed by atoms with Crippen molar-refractivity contribution in [2.24, 2.45) is 0 Å². The molecule has 132 valence electrons. The molecule has 0 amide bonds.